The van der Waals surface area contributed by atoms with Crippen molar-refractivity contribution in [2.24, 2.45) is 0 Å². The Balaban J connectivity index is 1.76. The smallest absolute Gasteiger partial charge is 0.333 e. The monoisotopic (exact) mass is 563 g/mol. The molecular weight excluding hydrogens is 534 g/mol. The van der Waals surface area contributed by atoms with Crippen molar-refractivity contribution >= 4 is 40.2 Å². The molecule has 0 aliphatic carbocycles. The number of Topliss-reactive ketones (excluding diaryl/α,β-unsaturated/α-hetero) is 1. The molecule has 0 fully saturated rings. The molecule has 0 saturated carbocycles. The van der Waals surface area contributed by atoms with Crippen molar-refractivity contribution in [2.45, 2.75) is 44.6 Å². The number of nitrogens with two attached hydrogens (primary N) is 1. The van der Waals surface area contributed by atoms with Gasteiger partial charge in [0.2, 0.25) is 0 Å². The number of methoxy groups -OCH3 is 1. The summed E-state index contributed by atoms with van der Waals surface area (Å²) >= 11 is 1.00. The number of rotatable bonds is 11. The highest BCUT2D eigenvalue weighted by Gasteiger charge is 2.25. The van der Waals surface area contributed by atoms with Crippen LogP contribution in [0.5, 0.6) is 0 Å². The van der Waals surface area contributed by atoms with Gasteiger partial charge < -0.3 is 10.5 Å². The van der Waals surface area contributed by atoms with Crippen molar-refractivity contribution in [3.05, 3.63) is 96.9 Å². The van der Waals surface area contributed by atoms with E-state index >= 15 is 0 Å². The lowest BCUT2D eigenvalue weighted by atomic mass is 10.2. The van der Waals surface area contributed by atoms with Gasteiger partial charge in [0, 0.05) is 6.54 Å². The first kappa shape index (κ1) is 28.6. The van der Waals surface area contributed by atoms with Gasteiger partial charge in [0.15, 0.2) is 10.9 Å². The van der Waals surface area contributed by atoms with Crippen LogP contribution in [0.25, 0.3) is 10.9 Å². The van der Waals surface area contributed by atoms with Crippen molar-refractivity contribution in [3.8, 4) is 0 Å². The van der Waals surface area contributed by atoms with Crippen LogP contribution in [0.15, 0.2) is 74.1 Å². The maximum absolute atomic E-state index is 13.5. The lowest BCUT2D eigenvalue weighted by molar-refractivity contribution is -0.141. The minimum Gasteiger partial charge on any atom is -0.468 e. The number of nitrogens with zero attached hydrogens (tertiary/aromatic N) is 4. The molecule has 0 saturated heterocycles. The van der Waals surface area contributed by atoms with E-state index in [0.29, 0.717) is 32.7 Å². The Morgan fingerprint density at radius 3 is 2.35 bits per heavy atom. The number of fused-ring (bicyclic) bond motifs is 1. The fourth-order valence-corrected chi connectivity index (χ4v) is 5.10. The fraction of sp³-hybridized carbons (Fsp3) is 0.286. The van der Waals surface area contributed by atoms with Crippen LogP contribution in [0.3, 0.4) is 0 Å². The third kappa shape index (κ3) is 5.91. The number of ether oxygens (including phenoxy) is 1. The van der Waals surface area contributed by atoms with Crippen LogP contribution in [0.2, 0.25) is 0 Å². The van der Waals surface area contributed by atoms with E-state index in [1.165, 1.54) is 4.57 Å². The zero-order valence-corrected chi connectivity index (χ0v) is 23.0. The lowest BCUT2D eigenvalue weighted by Gasteiger charge is -2.16. The first-order chi connectivity index (χ1) is 19.3. The van der Waals surface area contributed by atoms with E-state index in [4.69, 9.17) is 5.73 Å². The molecule has 0 amide bonds. The van der Waals surface area contributed by atoms with Gasteiger partial charge in [-0.05, 0) is 24.1 Å². The summed E-state index contributed by atoms with van der Waals surface area (Å²) in [7, 11) is 1.13. The highest BCUT2D eigenvalue weighted by molar-refractivity contribution is 7.99. The topological polar surface area (TPSA) is 148 Å². The van der Waals surface area contributed by atoms with Crippen LogP contribution in [0, 0.1) is 0 Å². The summed E-state index contributed by atoms with van der Waals surface area (Å²) in [6.07, 6.45) is 1.58. The number of aromatic nitrogens is 4. The summed E-state index contributed by atoms with van der Waals surface area (Å²) in [6, 6.07) is 15.8. The quantitative estimate of drug-likeness (QED) is 0.126. The standard InChI is InChI=1S/C28H29N5O6S/c1-3-4-14-31-25(36)19-12-8-9-13-20(19)30-27(31)40-17-21(34)23-24(29)32(15-18-10-6-5-7-11-18)28(38)33(26(23)37)16-22(35)39-2/h5-13H,3-4,14-17,29H2,1-2H3. The molecule has 208 valence electrons. The van der Waals surface area contributed by atoms with E-state index in [0.717, 1.165) is 36.3 Å². The molecular formula is C28H29N5O6S. The predicted octanol–water partition coefficient (Wildman–Crippen LogP) is 2.30. The van der Waals surface area contributed by atoms with E-state index < -0.39 is 35.1 Å². The molecule has 0 radical (unpaired) electrons. The molecule has 12 heteroatoms. The van der Waals surface area contributed by atoms with Gasteiger partial charge in [0.1, 0.15) is 17.9 Å². The molecule has 2 aromatic heterocycles. The molecule has 0 unspecified atom stereocenters. The molecule has 0 bridgehead atoms. The highest BCUT2D eigenvalue weighted by atomic mass is 32.2. The van der Waals surface area contributed by atoms with Crippen LogP contribution in [0.4, 0.5) is 5.82 Å². The van der Waals surface area contributed by atoms with Gasteiger partial charge >= 0.3 is 11.7 Å². The zero-order valence-electron chi connectivity index (χ0n) is 22.2. The Morgan fingerprint density at radius 2 is 1.65 bits per heavy atom. The second-order valence-corrected chi connectivity index (χ2v) is 9.96. The van der Waals surface area contributed by atoms with Gasteiger partial charge in [0.25, 0.3) is 11.1 Å². The average molecular weight is 564 g/mol. The number of hydrogen-bond acceptors (Lipinski definition) is 9. The predicted molar refractivity (Wildman–Crippen MR) is 153 cm³/mol. The van der Waals surface area contributed by atoms with Crippen molar-refractivity contribution in [2.75, 3.05) is 18.6 Å². The van der Waals surface area contributed by atoms with Gasteiger partial charge in [0.05, 0.1) is 30.3 Å². The third-order valence-corrected chi connectivity index (χ3v) is 7.32. The summed E-state index contributed by atoms with van der Waals surface area (Å²) < 4.78 is 7.90. The number of carbonyl (C=O) groups is 2. The fourth-order valence-electron chi connectivity index (χ4n) is 4.20. The Labute approximate surface area is 233 Å². The molecule has 4 rings (SSSR count). The Bertz CT molecular complexity index is 1740. The summed E-state index contributed by atoms with van der Waals surface area (Å²) in [6.45, 7) is 1.71. The third-order valence-electron chi connectivity index (χ3n) is 6.34. The summed E-state index contributed by atoms with van der Waals surface area (Å²) in [5, 5.41) is 0.800. The van der Waals surface area contributed by atoms with E-state index in [9.17, 15) is 24.0 Å². The van der Waals surface area contributed by atoms with Crippen LogP contribution in [-0.2, 0) is 29.2 Å². The maximum atomic E-state index is 13.5. The van der Waals surface area contributed by atoms with Crippen LogP contribution in [0.1, 0.15) is 35.7 Å². The highest BCUT2D eigenvalue weighted by Crippen LogP contribution is 2.20. The molecule has 2 heterocycles. The van der Waals surface area contributed by atoms with Crippen LogP contribution >= 0.6 is 11.8 Å². The van der Waals surface area contributed by atoms with Gasteiger partial charge in [-0.1, -0.05) is 67.6 Å². The number of thioether (sulfide) groups is 1. The van der Waals surface area contributed by atoms with Crippen molar-refractivity contribution in [1.82, 2.24) is 18.7 Å². The van der Waals surface area contributed by atoms with Crippen molar-refractivity contribution in [3.63, 3.8) is 0 Å². The maximum Gasteiger partial charge on any atom is 0.333 e. The number of anilines is 1. The largest absolute Gasteiger partial charge is 0.468 e. The number of esters is 1. The number of carbonyl (C=O) groups excluding carboxylic acids is 2. The molecule has 11 nitrogen and oxygen atoms in total. The van der Waals surface area contributed by atoms with Crippen molar-refractivity contribution < 1.29 is 14.3 Å². The second kappa shape index (κ2) is 12.6. The molecule has 2 N–H and O–H groups in total. The van der Waals surface area contributed by atoms with Gasteiger partial charge in [-0.2, -0.15) is 0 Å². The number of unbranched alkanes of at least 4 members (excludes halogenated alkanes) is 1. The lowest BCUT2D eigenvalue weighted by Crippen LogP contribution is -2.45. The first-order valence-electron chi connectivity index (χ1n) is 12.7. The van der Waals surface area contributed by atoms with Crippen molar-refractivity contribution in [1.29, 1.82) is 0 Å². The number of para-hydroxylation sites is 1. The van der Waals surface area contributed by atoms with Gasteiger partial charge in [-0.15, -0.1) is 0 Å². The van der Waals surface area contributed by atoms with Gasteiger partial charge in [-0.3, -0.25) is 28.3 Å². The molecule has 0 aliphatic rings. The summed E-state index contributed by atoms with van der Waals surface area (Å²) in [4.78, 5) is 69.8. The second-order valence-electron chi connectivity index (χ2n) is 9.02. The molecule has 2 aromatic carbocycles. The number of hydrogen-bond donors (Lipinski definition) is 1. The SMILES string of the molecule is CCCCn1c(SCC(=O)c2c(N)n(Cc3ccccc3)c(=O)n(CC(=O)OC)c2=O)nc2ccccc2c1=O. The van der Waals surface area contributed by atoms with Gasteiger partial charge in [-0.25, -0.2) is 14.3 Å². The summed E-state index contributed by atoms with van der Waals surface area (Å²) in [5.41, 5.74) is 4.99. The molecule has 4 aromatic rings. The number of benzene rings is 2. The minimum absolute atomic E-state index is 0.0246. The minimum atomic E-state index is -0.988. The number of nitrogen functional groups attached to an aromatic ring is 1. The van der Waals surface area contributed by atoms with E-state index in [1.54, 1.807) is 54.6 Å². The van der Waals surface area contributed by atoms with E-state index in [2.05, 4.69) is 9.72 Å². The van der Waals surface area contributed by atoms with Crippen LogP contribution < -0.4 is 22.5 Å². The Hall–Kier alpha value is -4.45. The molecule has 40 heavy (non-hydrogen) atoms. The Kier molecular flexibility index (Phi) is 9.00. The van der Waals surface area contributed by atoms with E-state index in [1.807, 2.05) is 6.92 Å². The first-order valence-corrected chi connectivity index (χ1v) is 13.6. The average Bonchev–Trinajstić information content (AvgIpc) is 2.96. The Morgan fingerprint density at radius 1 is 0.950 bits per heavy atom. The zero-order chi connectivity index (χ0) is 28.8. The van der Waals surface area contributed by atoms with E-state index in [-0.39, 0.29) is 23.7 Å². The van der Waals surface area contributed by atoms with Crippen LogP contribution in [-0.4, -0.2) is 43.3 Å². The summed E-state index contributed by atoms with van der Waals surface area (Å²) in [5.74, 6) is -2.08. The molecule has 0 atom stereocenters. The molecule has 0 spiro atoms. The molecule has 0 aliphatic heterocycles. The normalized spacial score (nSPS) is 11.1. The number of ketones is 1.